The van der Waals surface area contributed by atoms with E-state index < -0.39 is 0 Å². The van der Waals surface area contributed by atoms with Crippen LogP contribution in [-0.2, 0) is 4.79 Å². The number of nitrogens with one attached hydrogen (secondary N) is 2. The molecular weight excluding hydrogens is 332 g/mol. The summed E-state index contributed by atoms with van der Waals surface area (Å²) >= 11 is 0. The summed E-state index contributed by atoms with van der Waals surface area (Å²) in [5.41, 5.74) is 2.88. The molecule has 1 heterocycles. The minimum Gasteiger partial charge on any atom is -0.349 e. The van der Waals surface area contributed by atoms with Crippen molar-refractivity contribution in [3.05, 3.63) is 35.4 Å². The van der Waals surface area contributed by atoms with Crippen molar-refractivity contribution in [1.82, 2.24) is 10.6 Å². The van der Waals surface area contributed by atoms with Crippen molar-refractivity contribution in [2.24, 2.45) is 17.3 Å². The zero-order valence-corrected chi connectivity index (χ0v) is 16.8. The van der Waals surface area contributed by atoms with Crippen LogP contribution in [0.4, 0.5) is 0 Å². The van der Waals surface area contributed by atoms with E-state index in [2.05, 4.69) is 62.6 Å². The summed E-state index contributed by atoms with van der Waals surface area (Å²) in [7, 11) is 0. The summed E-state index contributed by atoms with van der Waals surface area (Å²) in [6.07, 6.45) is 3.39. The molecule has 140 valence electrons. The number of hydrogen-bond acceptors (Lipinski definition) is 2. The summed E-state index contributed by atoms with van der Waals surface area (Å²) in [6.45, 7) is 10.9. The lowest BCUT2D eigenvalue weighted by atomic mass is 9.90. The molecule has 2 unspecified atom stereocenters. The molecule has 1 spiro atoms. The van der Waals surface area contributed by atoms with Crippen molar-refractivity contribution < 1.29 is 4.79 Å². The van der Waals surface area contributed by atoms with E-state index in [9.17, 15) is 4.79 Å². The van der Waals surface area contributed by atoms with Crippen LogP contribution in [0.25, 0.3) is 0 Å². The van der Waals surface area contributed by atoms with Crippen LogP contribution in [0.3, 0.4) is 0 Å². The summed E-state index contributed by atoms with van der Waals surface area (Å²) in [4.78, 5) is 12.8. The Morgan fingerprint density at radius 2 is 1.64 bits per heavy atom. The summed E-state index contributed by atoms with van der Waals surface area (Å²) in [5, 5.41) is 6.76. The van der Waals surface area contributed by atoms with Gasteiger partial charge in [-0.2, -0.15) is 0 Å². The molecule has 1 saturated carbocycles. The first kappa shape index (κ1) is 20.3. The van der Waals surface area contributed by atoms with Gasteiger partial charge in [-0.15, -0.1) is 12.4 Å². The zero-order valence-electron chi connectivity index (χ0n) is 16.0. The van der Waals surface area contributed by atoms with Crippen LogP contribution in [0.2, 0.25) is 0 Å². The fourth-order valence-electron chi connectivity index (χ4n) is 4.17. The predicted molar refractivity (Wildman–Crippen MR) is 106 cm³/mol. The van der Waals surface area contributed by atoms with Crippen LogP contribution in [0.15, 0.2) is 24.3 Å². The predicted octanol–water partition coefficient (Wildman–Crippen LogP) is 4.43. The standard InChI is InChI=1S/C21H32N2O.ClH/c1-14(2)16-5-7-17(8-6-16)19(15(3)4)23-20(24)18-13-21(18)9-11-22-12-10-21;/h5-8,14-15,18-19,22H,9-13H2,1-4H3,(H,23,24);1H. The van der Waals surface area contributed by atoms with Crippen molar-refractivity contribution in [1.29, 1.82) is 0 Å². The second-order valence-electron chi connectivity index (χ2n) is 8.42. The number of rotatable bonds is 5. The van der Waals surface area contributed by atoms with Gasteiger partial charge in [-0.3, -0.25) is 4.79 Å². The number of carbonyl (C=O) groups excluding carboxylic acids is 1. The molecule has 2 atom stereocenters. The topological polar surface area (TPSA) is 41.1 Å². The van der Waals surface area contributed by atoms with Gasteiger partial charge in [-0.25, -0.2) is 0 Å². The molecule has 2 fully saturated rings. The van der Waals surface area contributed by atoms with E-state index in [1.165, 1.54) is 11.1 Å². The van der Waals surface area contributed by atoms with Gasteiger partial charge in [0.2, 0.25) is 5.91 Å². The smallest absolute Gasteiger partial charge is 0.224 e. The number of carbonyl (C=O) groups is 1. The number of hydrogen-bond donors (Lipinski definition) is 2. The lowest BCUT2D eigenvalue weighted by molar-refractivity contribution is -0.124. The lowest BCUT2D eigenvalue weighted by Gasteiger charge is -2.26. The maximum Gasteiger partial charge on any atom is 0.224 e. The summed E-state index contributed by atoms with van der Waals surface area (Å²) in [6, 6.07) is 8.89. The van der Waals surface area contributed by atoms with Crippen LogP contribution in [-0.4, -0.2) is 19.0 Å². The fourth-order valence-corrected chi connectivity index (χ4v) is 4.17. The molecule has 4 heteroatoms. The fraction of sp³-hybridized carbons (Fsp3) is 0.667. The third-order valence-corrected chi connectivity index (χ3v) is 6.03. The molecule has 1 amide bonds. The van der Waals surface area contributed by atoms with Crippen molar-refractivity contribution >= 4 is 18.3 Å². The quantitative estimate of drug-likeness (QED) is 0.811. The minimum atomic E-state index is 0. The zero-order chi connectivity index (χ0) is 17.3. The van der Waals surface area contributed by atoms with Crippen LogP contribution in [0, 0.1) is 17.3 Å². The first-order valence-electron chi connectivity index (χ1n) is 9.54. The van der Waals surface area contributed by atoms with E-state index in [0.717, 1.165) is 32.4 Å². The molecule has 25 heavy (non-hydrogen) atoms. The highest BCUT2D eigenvalue weighted by Crippen LogP contribution is 2.58. The molecular formula is C21H33ClN2O. The van der Waals surface area contributed by atoms with Crippen LogP contribution < -0.4 is 10.6 Å². The van der Waals surface area contributed by atoms with Gasteiger partial charge >= 0.3 is 0 Å². The van der Waals surface area contributed by atoms with Gasteiger partial charge in [-0.1, -0.05) is 52.0 Å². The van der Waals surface area contributed by atoms with Crippen molar-refractivity contribution in [3.8, 4) is 0 Å². The van der Waals surface area contributed by atoms with E-state index in [0.29, 0.717) is 17.3 Å². The Bertz CT molecular complexity index is 576. The Labute approximate surface area is 158 Å². The highest BCUT2D eigenvalue weighted by atomic mass is 35.5. The second kappa shape index (κ2) is 8.09. The second-order valence-corrected chi connectivity index (χ2v) is 8.42. The molecule has 1 aromatic rings. The Kier molecular flexibility index (Phi) is 6.56. The highest BCUT2D eigenvalue weighted by Gasteiger charge is 2.57. The molecule has 1 aromatic carbocycles. The summed E-state index contributed by atoms with van der Waals surface area (Å²) in [5.74, 6) is 1.43. The number of benzene rings is 1. The normalized spacial score (nSPS) is 22.6. The van der Waals surface area contributed by atoms with Crippen molar-refractivity contribution in [3.63, 3.8) is 0 Å². The van der Waals surface area contributed by atoms with Gasteiger partial charge in [0.15, 0.2) is 0 Å². The summed E-state index contributed by atoms with van der Waals surface area (Å²) < 4.78 is 0. The SMILES string of the molecule is CC(C)c1ccc(C(NC(=O)C2CC23CCNCC3)C(C)C)cc1.Cl. The van der Waals surface area contributed by atoms with E-state index >= 15 is 0 Å². The number of piperidine rings is 1. The van der Waals surface area contributed by atoms with Crippen LogP contribution in [0.1, 0.15) is 70.0 Å². The third kappa shape index (κ3) is 4.38. The minimum absolute atomic E-state index is 0. The van der Waals surface area contributed by atoms with Gasteiger partial charge in [0.05, 0.1) is 6.04 Å². The third-order valence-electron chi connectivity index (χ3n) is 6.03. The van der Waals surface area contributed by atoms with Gasteiger partial charge in [0.1, 0.15) is 0 Å². The molecule has 3 rings (SSSR count). The van der Waals surface area contributed by atoms with Gasteiger partial charge in [-0.05, 0) is 60.7 Å². The highest BCUT2D eigenvalue weighted by molar-refractivity contribution is 5.85. The molecule has 0 radical (unpaired) electrons. The van der Waals surface area contributed by atoms with Gasteiger partial charge < -0.3 is 10.6 Å². The van der Waals surface area contributed by atoms with E-state index in [1.54, 1.807) is 0 Å². The van der Waals surface area contributed by atoms with Gasteiger partial charge in [0.25, 0.3) is 0 Å². The van der Waals surface area contributed by atoms with E-state index in [-0.39, 0.29) is 30.3 Å². The Morgan fingerprint density at radius 3 is 2.16 bits per heavy atom. The largest absolute Gasteiger partial charge is 0.349 e. The maximum absolute atomic E-state index is 12.8. The van der Waals surface area contributed by atoms with Crippen molar-refractivity contribution in [2.45, 2.75) is 58.9 Å². The Morgan fingerprint density at radius 1 is 1.08 bits per heavy atom. The lowest BCUT2D eigenvalue weighted by Crippen LogP contribution is -2.36. The van der Waals surface area contributed by atoms with Gasteiger partial charge in [0, 0.05) is 5.92 Å². The average molecular weight is 365 g/mol. The first-order valence-corrected chi connectivity index (χ1v) is 9.54. The Hall–Kier alpha value is -1.06. The molecule has 1 saturated heterocycles. The molecule has 3 nitrogen and oxygen atoms in total. The maximum atomic E-state index is 12.8. The Balaban J connectivity index is 0.00000225. The first-order chi connectivity index (χ1) is 11.4. The van der Waals surface area contributed by atoms with Crippen LogP contribution >= 0.6 is 12.4 Å². The molecule has 0 bridgehead atoms. The number of amides is 1. The molecule has 1 aliphatic carbocycles. The van der Waals surface area contributed by atoms with Crippen molar-refractivity contribution in [2.75, 3.05) is 13.1 Å². The average Bonchev–Trinajstić information content (AvgIpc) is 3.26. The molecule has 2 aliphatic rings. The van der Waals surface area contributed by atoms with E-state index in [1.807, 2.05) is 0 Å². The monoisotopic (exact) mass is 364 g/mol. The number of halogens is 1. The molecule has 1 aliphatic heterocycles. The van der Waals surface area contributed by atoms with E-state index in [4.69, 9.17) is 0 Å². The molecule has 0 aromatic heterocycles. The molecule has 2 N–H and O–H groups in total. The van der Waals surface area contributed by atoms with Crippen LogP contribution in [0.5, 0.6) is 0 Å².